The Hall–Kier alpha value is -2.08. The van der Waals surface area contributed by atoms with Crippen molar-refractivity contribution in [1.82, 2.24) is 15.0 Å². The van der Waals surface area contributed by atoms with Crippen LogP contribution in [0.4, 0.5) is 0 Å². The van der Waals surface area contributed by atoms with Gasteiger partial charge in [0.05, 0.1) is 12.2 Å². The van der Waals surface area contributed by atoms with E-state index < -0.39 is 0 Å². The average Bonchev–Trinajstić information content (AvgIpc) is 2.93. The molecule has 0 aliphatic carbocycles. The highest BCUT2D eigenvalue weighted by Gasteiger charge is 2.17. The van der Waals surface area contributed by atoms with Crippen LogP contribution in [0.15, 0.2) is 16.7 Å². The highest BCUT2D eigenvalue weighted by atomic mass is 16.5. The fourth-order valence-electron chi connectivity index (χ4n) is 2.17. The van der Waals surface area contributed by atoms with Crippen molar-refractivity contribution in [2.24, 2.45) is 0 Å². The fourth-order valence-corrected chi connectivity index (χ4v) is 2.17. The van der Waals surface area contributed by atoms with Gasteiger partial charge in [-0.3, -0.25) is 9.36 Å². The first-order valence-corrected chi connectivity index (χ1v) is 6.44. The minimum Gasteiger partial charge on any atom is -0.383 e. The van der Waals surface area contributed by atoms with Crippen LogP contribution in [0.2, 0.25) is 0 Å². The first kappa shape index (κ1) is 14.3. The van der Waals surface area contributed by atoms with Crippen LogP contribution in [0, 0.1) is 20.8 Å². The molecular formula is C14H19N3O3. The van der Waals surface area contributed by atoms with Gasteiger partial charge in [0.15, 0.2) is 5.82 Å². The highest BCUT2D eigenvalue weighted by Crippen LogP contribution is 2.20. The molecule has 0 atom stereocenters. The topological polar surface area (TPSA) is 69.3 Å². The number of nitrogens with zero attached hydrogens (tertiary/aromatic N) is 2. The summed E-state index contributed by atoms with van der Waals surface area (Å²) in [5.41, 5.74) is 2.41. The maximum atomic E-state index is 12.1. The summed E-state index contributed by atoms with van der Waals surface area (Å²) in [6.07, 6.45) is 0. The molecule has 0 saturated carbocycles. The minimum atomic E-state index is -0.110. The van der Waals surface area contributed by atoms with Gasteiger partial charge in [0, 0.05) is 31.1 Å². The highest BCUT2D eigenvalue weighted by molar-refractivity contribution is 5.95. The molecule has 1 N–H and O–H groups in total. The van der Waals surface area contributed by atoms with Gasteiger partial charge in [0.2, 0.25) is 0 Å². The Kier molecular flexibility index (Phi) is 4.24. The molecule has 0 fully saturated rings. The molecule has 0 aromatic carbocycles. The molecule has 2 heterocycles. The predicted molar refractivity (Wildman–Crippen MR) is 74.3 cm³/mol. The van der Waals surface area contributed by atoms with Gasteiger partial charge < -0.3 is 14.6 Å². The second-order valence-electron chi connectivity index (χ2n) is 4.66. The maximum absolute atomic E-state index is 12.1. The lowest BCUT2D eigenvalue weighted by Crippen LogP contribution is -2.27. The van der Waals surface area contributed by atoms with Crippen LogP contribution in [0.1, 0.15) is 27.5 Å². The number of aromatic nitrogens is 2. The third-order valence-electron chi connectivity index (χ3n) is 3.11. The number of hydrogen-bond donors (Lipinski definition) is 1. The Morgan fingerprint density at radius 3 is 2.75 bits per heavy atom. The van der Waals surface area contributed by atoms with E-state index in [0.717, 1.165) is 17.1 Å². The first-order valence-electron chi connectivity index (χ1n) is 6.44. The smallest absolute Gasteiger partial charge is 0.253 e. The SMILES string of the molecule is COCCNC(=O)c1cc(C)n(-c2cc(C)on2)c1C. The van der Waals surface area contributed by atoms with Crippen molar-refractivity contribution in [2.45, 2.75) is 20.8 Å². The van der Waals surface area contributed by atoms with Crippen molar-refractivity contribution in [2.75, 3.05) is 20.3 Å². The van der Waals surface area contributed by atoms with Gasteiger partial charge in [0.1, 0.15) is 5.76 Å². The normalized spacial score (nSPS) is 10.8. The van der Waals surface area contributed by atoms with E-state index in [1.165, 1.54) is 0 Å². The maximum Gasteiger partial charge on any atom is 0.253 e. The van der Waals surface area contributed by atoms with Crippen molar-refractivity contribution in [3.05, 3.63) is 34.8 Å². The third kappa shape index (κ3) is 2.75. The Balaban J connectivity index is 2.27. The van der Waals surface area contributed by atoms with E-state index >= 15 is 0 Å². The molecule has 0 aliphatic heterocycles. The zero-order valence-electron chi connectivity index (χ0n) is 12.2. The fraction of sp³-hybridized carbons (Fsp3) is 0.429. The van der Waals surface area contributed by atoms with E-state index in [1.807, 2.05) is 37.5 Å². The van der Waals surface area contributed by atoms with Crippen molar-refractivity contribution in [1.29, 1.82) is 0 Å². The number of amides is 1. The molecule has 6 heteroatoms. The van der Waals surface area contributed by atoms with Gasteiger partial charge in [-0.15, -0.1) is 0 Å². The number of methoxy groups -OCH3 is 1. The molecule has 2 aromatic heterocycles. The van der Waals surface area contributed by atoms with Crippen LogP contribution in [-0.2, 0) is 4.74 Å². The number of ether oxygens (including phenoxy) is 1. The van der Waals surface area contributed by atoms with Gasteiger partial charge in [0.25, 0.3) is 5.91 Å². The number of rotatable bonds is 5. The van der Waals surface area contributed by atoms with Crippen LogP contribution >= 0.6 is 0 Å². The molecule has 2 rings (SSSR count). The lowest BCUT2D eigenvalue weighted by atomic mass is 10.2. The Labute approximate surface area is 117 Å². The summed E-state index contributed by atoms with van der Waals surface area (Å²) in [5, 5.41) is 6.81. The lowest BCUT2D eigenvalue weighted by molar-refractivity contribution is 0.0936. The van der Waals surface area contributed by atoms with Gasteiger partial charge in [-0.1, -0.05) is 5.16 Å². The number of hydrogen-bond acceptors (Lipinski definition) is 4. The zero-order valence-corrected chi connectivity index (χ0v) is 12.2. The van der Waals surface area contributed by atoms with E-state index in [2.05, 4.69) is 10.5 Å². The van der Waals surface area contributed by atoms with Crippen molar-refractivity contribution >= 4 is 5.91 Å². The zero-order chi connectivity index (χ0) is 14.7. The van der Waals surface area contributed by atoms with Crippen LogP contribution in [0.25, 0.3) is 5.82 Å². The molecule has 6 nitrogen and oxygen atoms in total. The lowest BCUT2D eigenvalue weighted by Gasteiger charge is -2.06. The molecule has 0 saturated heterocycles. The molecule has 0 spiro atoms. The Bertz CT molecular complexity index is 613. The molecule has 20 heavy (non-hydrogen) atoms. The molecule has 0 bridgehead atoms. The summed E-state index contributed by atoms with van der Waals surface area (Å²) in [4.78, 5) is 12.1. The van der Waals surface area contributed by atoms with Crippen molar-refractivity contribution in [3.63, 3.8) is 0 Å². The van der Waals surface area contributed by atoms with E-state index in [4.69, 9.17) is 9.26 Å². The summed E-state index contributed by atoms with van der Waals surface area (Å²) in [7, 11) is 1.60. The molecule has 0 unspecified atom stereocenters. The summed E-state index contributed by atoms with van der Waals surface area (Å²) >= 11 is 0. The second kappa shape index (κ2) is 5.92. The van der Waals surface area contributed by atoms with Crippen molar-refractivity contribution < 1.29 is 14.1 Å². The molecule has 0 radical (unpaired) electrons. The summed E-state index contributed by atoms with van der Waals surface area (Å²) < 4.78 is 11.9. The van der Waals surface area contributed by atoms with Crippen molar-refractivity contribution in [3.8, 4) is 5.82 Å². The van der Waals surface area contributed by atoms with E-state index in [-0.39, 0.29) is 5.91 Å². The molecule has 1 amide bonds. The van der Waals surface area contributed by atoms with Gasteiger partial charge in [-0.05, 0) is 26.8 Å². The summed E-state index contributed by atoms with van der Waals surface area (Å²) in [5.74, 6) is 1.31. The monoisotopic (exact) mass is 277 g/mol. The van der Waals surface area contributed by atoms with Gasteiger partial charge in [-0.25, -0.2) is 0 Å². The summed E-state index contributed by atoms with van der Waals surface area (Å²) in [6, 6.07) is 3.69. The van der Waals surface area contributed by atoms with E-state index in [0.29, 0.717) is 24.5 Å². The standard InChI is InChI=1S/C14H19N3O3/c1-9-7-12(14(18)15-5-6-19-4)11(3)17(9)13-8-10(2)20-16-13/h7-8H,5-6H2,1-4H3,(H,15,18). The quantitative estimate of drug-likeness (QED) is 0.846. The minimum absolute atomic E-state index is 0.110. The van der Waals surface area contributed by atoms with Gasteiger partial charge in [-0.2, -0.15) is 0 Å². The predicted octanol–water partition coefficient (Wildman–Crippen LogP) is 1.77. The average molecular weight is 277 g/mol. The summed E-state index contributed by atoms with van der Waals surface area (Å²) in [6.45, 7) is 6.64. The van der Waals surface area contributed by atoms with E-state index in [9.17, 15) is 4.79 Å². The third-order valence-corrected chi connectivity index (χ3v) is 3.11. The van der Waals surface area contributed by atoms with Gasteiger partial charge >= 0.3 is 0 Å². The molecule has 108 valence electrons. The molecule has 2 aromatic rings. The Morgan fingerprint density at radius 2 is 2.15 bits per heavy atom. The van der Waals surface area contributed by atoms with Crippen LogP contribution < -0.4 is 5.32 Å². The van der Waals surface area contributed by atoms with E-state index in [1.54, 1.807) is 7.11 Å². The van der Waals surface area contributed by atoms with Crippen LogP contribution in [0.3, 0.4) is 0 Å². The second-order valence-corrected chi connectivity index (χ2v) is 4.66. The number of carbonyl (C=O) groups excluding carboxylic acids is 1. The number of carbonyl (C=O) groups is 1. The number of nitrogens with one attached hydrogen (secondary N) is 1. The molecular weight excluding hydrogens is 258 g/mol. The van der Waals surface area contributed by atoms with Crippen LogP contribution in [0.5, 0.6) is 0 Å². The van der Waals surface area contributed by atoms with Crippen LogP contribution in [-0.4, -0.2) is 35.9 Å². The Morgan fingerprint density at radius 1 is 1.40 bits per heavy atom. The molecule has 0 aliphatic rings. The largest absolute Gasteiger partial charge is 0.383 e. The first-order chi connectivity index (χ1) is 9.54. The number of aryl methyl sites for hydroxylation is 2.